The van der Waals surface area contributed by atoms with Crippen molar-refractivity contribution in [1.29, 1.82) is 0 Å². The Balaban J connectivity index is -0.0000000420. The molecule has 0 fully saturated rings. The molecule has 0 aliphatic rings. The summed E-state index contributed by atoms with van der Waals surface area (Å²) in [7, 11) is 0. The second-order valence-electron chi connectivity index (χ2n) is 8.19. The van der Waals surface area contributed by atoms with Crippen LogP contribution in [-0.2, 0) is 29.1 Å². The van der Waals surface area contributed by atoms with Crippen LogP contribution in [0.25, 0.3) is 0 Å². The predicted octanol–water partition coefficient (Wildman–Crippen LogP) is 1.35. The van der Waals surface area contributed by atoms with Gasteiger partial charge in [-0.05, 0) is 37.5 Å². The largest absolute Gasteiger partial charge is 1.00 e. The van der Waals surface area contributed by atoms with E-state index in [9.17, 15) is 0 Å². The normalized spacial score (nSPS) is 9.90. The fourth-order valence-corrected chi connectivity index (χ4v) is 2.50. The molecule has 0 saturated heterocycles. The van der Waals surface area contributed by atoms with Crippen LogP contribution >= 0.6 is 0 Å². The van der Waals surface area contributed by atoms with Gasteiger partial charge in [0.1, 0.15) is 0 Å². The van der Waals surface area contributed by atoms with Gasteiger partial charge in [0.15, 0.2) is 0 Å². The fraction of sp³-hybridized carbons (Fsp3) is 0.889. The Kier molecular flexibility index (Phi) is 101. The molecule has 0 aliphatic carbocycles. The van der Waals surface area contributed by atoms with Gasteiger partial charge in [-0.3, -0.25) is 9.59 Å². The summed E-state index contributed by atoms with van der Waals surface area (Å²) in [6, 6.07) is 0. The molecule has 0 radical (unpaired) electrons. The minimum atomic E-state index is -0.833. The van der Waals surface area contributed by atoms with Gasteiger partial charge in [0, 0.05) is 66.4 Å². The summed E-state index contributed by atoms with van der Waals surface area (Å²) in [6.07, 6.45) is 12.9. The molecule has 0 amide bonds. The number of aliphatic hydroxyl groups excluding tert-OH is 5. The van der Waals surface area contributed by atoms with Gasteiger partial charge in [0.25, 0.3) is 11.9 Å². The quantitative estimate of drug-likeness (QED) is 0.0725. The molecule has 8 N–H and O–H groups in total. The molecule has 12 heteroatoms. The number of hydrogen-bond donors (Lipinski definition) is 7. The maximum Gasteiger partial charge on any atom is 1.00 e. The molecule has 0 aromatic carbocycles. The summed E-state index contributed by atoms with van der Waals surface area (Å²) >= 11 is 0. The Morgan fingerprint density at radius 2 is 0.821 bits per heavy atom. The van der Waals surface area contributed by atoms with E-state index in [1.165, 1.54) is 25.7 Å². The van der Waals surface area contributed by atoms with Crippen molar-refractivity contribution in [2.45, 2.75) is 112 Å². The van der Waals surface area contributed by atoms with E-state index < -0.39 is 11.9 Å². The monoisotopic (exact) mass is 649 g/mol. The first-order valence-corrected chi connectivity index (χ1v) is 13.0. The summed E-state index contributed by atoms with van der Waals surface area (Å²) in [6.45, 7) is 9.95. The molecule has 0 bridgehead atoms. The van der Waals surface area contributed by atoms with Crippen LogP contribution in [0.5, 0.6) is 0 Å². The van der Waals surface area contributed by atoms with Crippen LogP contribution in [0.1, 0.15) is 112 Å². The molecule has 2 unspecified atom stereocenters. The molecule has 0 saturated carbocycles. The van der Waals surface area contributed by atoms with Gasteiger partial charge < -0.3 is 48.6 Å². The van der Waals surface area contributed by atoms with Crippen LogP contribution in [0.15, 0.2) is 0 Å². The number of hydrogen-bond acceptors (Lipinski definition) is 8. The Morgan fingerprint density at radius 1 is 0.590 bits per heavy atom. The first kappa shape index (κ1) is 63.3. The zero-order valence-electron chi connectivity index (χ0n) is 26.3. The number of aliphatic hydroxyl groups is 5. The molecule has 10 nitrogen and oxygen atoms in total. The van der Waals surface area contributed by atoms with E-state index in [2.05, 4.69) is 20.8 Å². The molecule has 0 aliphatic heterocycles. The maximum atomic E-state index is 9.00. The van der Waals surface area contributed by atoms with E-state index in [0.717, 1.165) is 65.2 Å². The van der Waals surface area contributed by atoms with Gasteiger partial charge in [-0.1, -0.05) is 72.1 Å². The standard InChI is InChI=1S/C9H20O2.C7H16O.C6H14O2.2C2H4O2.CH3.K.H2O.Zn/c1-3-8(6-10)5-9(4-2)7-11;1-2-3-4-5-6-7-8;7-5-3-1-2-4-6-8;2*1-2(3)4;;;;/h8-11H,3-7H2,1-2H3;8H,2-7H2,1H3;7-8H,1-6H2;2*1H3,(H,3,4);1H3;;1H2;/q;;;;;-1;+1;;/p-1. The number of unbranched alkanes of at least 4 members (excludes halogenated alkanes) is 7. The molecule has 0 spiro atoms. The SMILES string of the molecule is CC(=O)O.CC(=O)O.CCC(CO)CC(CC)CO.CCCCCCCO.OCCCCCCO.[CH3-].[K+].[OH-].[Zn]. The number of aliphatic carboxylic acids is 2. The first-order valence-electron chi connectivity index (χ1n) is 13.0. The number of carboxylic acid groups (broad SMARTS) is 2. The second kappa shape index (κ2) is 62.5. The number of rotatable bonds is 16. The number of carboxylic acids is 2. The molecule has 2 atom stereocenters. The van der Waals surface area contributed by atoms with Gasteiger partial charge in [-0.25, -0.2) is 0 Å². The third-order valence-corrected chi connectivity index (χ3v) is 4.67. The van der Waals surface area contributed by atoms with Crippen LogP contribution in [0, 0.1) is 19.3 Å². The predicted molar refractivity (Wildman–Crippen MR) is 150 cm³/mol. The molecule has 0 rings (SSSR count). The first-order chi connectivity index (χ1) is 16.6. The minimum Gasteiger partial charge on any atom is -0.870 e. The van der Waals surface area contributed by atoms with E-state index in [4.69, 9.17) is 45.3 Å². The van der Waals surface area contributed by atoms with Crippen molar-refractivity contribution in [3.8, 4) is 0 Å². The third-order valence-electron chi connectivity index (χ3n) is 4.67. The summed E-state index contributed by atoms with van der Waals surface area (Å²) in [5.41, 5.74) is 0. The fourth-order valence-electron chi connectivity index (χ4n) is 2.50. The van der Waals surface area contributed by atoms with Crippen molar-refractivity contribution in [1.82, 2.24) is 0 Å². The summed E-state index contributed by atoms with van der Waals surface area (Å²) in [5.74, 6) is -0.904. The van der Waals surface area contributed by atoms with Crippen LogP contribution in [0.2, 0.25) is 0 Å². The Bertz CT molecular complexity index is 334. The van der Waals surface area contributed by atoms with E-state index in [1.54, 1.807) is 0 Å². The van der Waals surface area contributed by atoms with Gasteiger partial charge in [0.05, 0.1) is 0 Å². The van der Waals surface area contributed by atoms with Gasteiger partial charge in [-0.2, -0.15) is 0 Å². The van der Waals surface area contributed by atoms with Gasteiger partial charge in [-0.15, -0.1) is 0 Å². The smallest absolute Gasteiger partial charge is 0.870 e. The van der Waals surface area contributed by atoms with Crippen LogP contribution in [0.3, 0.4) is 0 Å². The minimum absolute atomic E-state index is 0. The van der Waals surface area contributed by atoms with Crippen LogP contribution in [-0.4, -0.2) is 86.2 Å². The van der Waals surface area contributed by atoms with E-state index in [0.29, 0.717) is 18.4 Å². The average molecular weight is 651 g/mol. The zero-order chi connectivity index (χ0) is 28.3. The molecule has 234 valence electrons. The zero-order valence-corrected chi connectivity index (χ0v) is 32.4. The molecular weight excluding hydrogens is 589 g/mol. The molecular formula is C27H62KO10Zn-. The second-order valence-corrected chi connectivity index (χ2v) is 8.19. The summed E-state index contributed by atoms with van der Waals surface area (Å²) < 4.78 is 0. The van der Waals surface area contributed by atoms with Crippen molar-refractivity contribution in [2.24, 2.45) is 11.8 Å². The Hall–Kier alpha value is 0.960. The van der Waals surface area contributed by atoms with E-state index >= 15 is 0 Å². The van der Waals surface area contributed by atoms with Crippen molar-refractivity contribution in [3.05, 3.63) is 7.43 Å². The Morgan fingerprint density at radius 3 is 0.974 bits per heavy atom. The van der Waals surface area contributed by atoms with E-state index in [1.807, 2.05) is 0 Å². The van der Waals surface area contributed by atoms with Crippen LogP contribution < -0.4 is 51.4 Å². The van der Waals surface area contributed by atoms with Crippen molar-refractivity contribution < 1.29 is 122 Å². The summed E-state index contributed by atoms with van der Waals surface area (Å²) in [4.78, 5) is 18.0. The molecule has 0 aromatic rings. The van der Waals surface area contributed by atoms with Crippen molar-refractivity contribution >= 4 is 11.9 Å². The van der Waals surface area contributed by atoms with Gasteiger partial charge in [0.2, 0.25) is 0 Å². The van der Waals surface area contributed by atoms with Crippen molar-refractivity contribution in [2.75, 3.05) is 33.0 Å². The summed E-state index contributed by atoms with van der Waals surface area (Å²) in [5, 5.41) is 57.6. The number of carbonyl (C=O) groups is 2. The molecule has 39 heavy (non-hydrogen) atoms. The Labute approximate surface area is 294 Å². The van der Waals surface area contributed by atoms with E-state index in [-0.39, 0.29) is 110 Å². The van der Waals surface area contributed by atoms with Crippen LogP contribution in [0.4, 0.5) is 0 Å². The molecule has 0 heterocycles. The average Bonchev–Trinajstić information content (AvgIpc) is 2.81. The van der Waals surface area contributed by atoms with Gasteiger partial charge >= 0.3 is 51.4 Å². The third kappa shape index (κ3) is 101. The topological polar surface area (TPSA) is 206 Å². The molecule has 0 aromatic heterocycles. The maximum absolute atomic E-state index is 9.00. The van der Waals surface area contributed by atoms with Crippen molar-refractivity contribution in [3.63, 3.8) is 0 Å².